The van der Waals surface area contributed by atoms with Crippen molar-refractivity contribution in [1.29, 1.82) is 0 Å². The Labute approximate surface area is 129 Å². The molecule has 1 saturated heterocycles. The van der Waals surface area contributed by atoms with E-state index in [9.17, 15) is 14.0 Å². The maximum atomic E-state index is 13.7. The van der Waals surface area contributed by atoms with Gasteiger partial charge in [-0.25, -0.2) is 9.18 Å². The highest BCUT2D eigenvalue weighted by Gasteiger charge is 2.32. The number of halogens is 2. The van der Waals surface area contributed by atoms with Crippen molar-refractivity contribution >= 4 is 46.1 Å². The summed E-state index contributed by atoms with van der Waals surface area (Å²) in [6.07, 6.45) is 0.349. The molecule has 1 aliphatic heterocycles. The SMILES string of the molecule is COC(=O)c1cc(Br)c(F)cc1N1CC(CS)CC1=O. The van der Waals surface area contributed by atoms with Gasteiger partial charge in [0, 0.05) is 13.0 Å². The Balaban J connectivity index is 2.47. The van der Waals surface area contributed by atoms with Gasteiger partial charge in [-0.15, -0.1) is 0 Å². The first-order chi connectivity index (χ1) is 9.47. The molecular formula is C13H13BrFNO3S. The Hall–Kier alpha value is -1.08. The van der Waals surface area contributed by atoms with Crippen LogP contribution in [0.3, 0.4) is 0 Å². The first-order valence-electron chi connectivity index (χ1n) is 5.96. The van der Waals surface area contributed by atoms with Crippen LogP contribution >= 0.6 is 28.6 Å². The summed E-state index contributed by atoms with van der Waals surface area (Å²) >= 11 is 7.21. The molecule has 0 N–H and O–H groups in total. The third-order valence-electron chi connectivity index (χ3n) is 3.20. The van der Waals surface area contributed by atoms with Gasteiger partial charge < -0.3 is 9.64 Å². The molecule has 108 valence electrons. The quantitative estimate of drug-likeness (QED) is 0.664. The van der Waals surface area contributed by atoms with Crippen LogP contribution in [0.15, 0.2) is 16.6 Å². The third-order valence-corrected chi connectivity index (χ3v) is 4.32. The summed E-state index contributed by atoms with van der Waals surface area (Å²) in [6, 6.07) is 2.51. The van der Waals surface area contributed by atoms with Crippen LogP contribution in [0, 0.1) is 11.7 Å². The first-order valence-corrected chi connectivity index (χ1v) is 7.39. The number of ether oxygens (including phenoxy) is 1. The van der Waals surface area contributed by atoms with Crippen molar-refractivity contribution in [3.63, 3.8) is 0 Å². The molecule has 0 bridgehead atoms. The number of hydrogen-bond donors (Lipinski definition) is 1. The van der Waals surface area contributed by atoms with Crippen LogP contribution in [0.4, 0.5) is 10.1 Å². The standard InChI is InChI=1S/C13H13BrFNO3S/c1-19-13(18)8-3-9(14)10(15)4-11(8)16-5-7(6-20)2-12(16)17/h3-4,7,20H,2,5-6H2,1H3. The number of nitrogens with zero attached hydrogens (tertiary/aromatic N) is 1. The highest BCUT2D eigenvalue weighted by atomic mass is 79.9. The van der Waals surface area contributed by atoms with Gasteiger partial charge in [-0.3, -0.25) is 4.79 Å². The third kappa shape index (κ3) is 2.83. The number of hydrogen-bond acceptors (Lipinski definition) is 4. The molecule has 1 unspecified atom stereocenters. The van der Waals surface area contributed by atoms with Crippen molar-refractivity contribution in [3.8, 4) is 0 Å². The van der Waals surface area contributed by atoms with Gasteiger partial charge in [-0.05, 0) is 39.7 Å². The molecule has 1 amide bonds. The first kappa shape index (κ1) is 15.3. The average molecular weight is 362 g/mol. The smallest absolute Gasteiger partial charge is 0.340 e. The van der Waals surface area contributed by atoms with Crippen molar-refractivity contribution in [2.24, 2.45) is 5.92 Å². The summed E-state index contributed by atoms with van der Waals surface area (Å²) in [5, 5.41) is 0. The second kappa shape index (κ2) is 6.13. The minimum absolute atomic E-state index is 0.100. The molecule has 0 saturated carbocycles. The Kier molecular flexibility index (Phi) is 4.70. The van der Waals surface area contributed by atoms with Crippen LogP contribution in [-0.2, 0) is 9.53 Å². The van der Waals surface area contributed by atoms with Crippen LogP contribution in [-0.4, -0.2) is 31.3 Å². The molecule has 0 spiro atoms. The van der Waals surface area contributed by atoms with Gasteiger partial charge in [-0.2, -0.15) is 12.6 Å². The summed E-state index contributed by atoms with van der Waals surface area (Å²) < 4.78 is 18.6. The molecule has 1 aromatic rings. The summed E-state index contributed by atoms with van der Waals surface area (Å²) in [4.78, 5) is 25.2. The molecule has 20 heavy (non-hydrogen) atoms. The van der Waals surface area contributed by atoms with Gasteiger partial charge in [0.25, 0.3) is 0 Å². The van der Waals surface area contributed by atoms with Crippen molar-refractivity contribution in [1.82, 2.24) is 0 Å². The summed E-state index contributed by atoms with van der Waals surface area (Å²) in [6.45, 7) is 0.424. The highest BCUT2D eigenvalue weighted by Crippen LogP contribution is 2.32. The van der Waals surface area contributed by atoms with E-state index in [-0.39, 0.29) is 27.5 Å². The molecule has 0 aromatic heterocycles. The monoisotopic (exact) mass is 361 g/mol. The lowest BCUT2D eigenvalue weighted by atomic mass is 10.1. The Morgan fingerprint density at radius 3 is 2.85 bits per heavy atom. The predicted octanol–water partition coefficient (Wildman–Crippen LogP) is 2.66. The Morgan fingerprint density at radius 1 is 1.60 bits per heavy atom. The van der Waals surface area contributed by atoms with Crippen molar-refractivity contribution < 1.29 is 18.7 Å². The zero-order chi connectivity index (χ0) is 14.9. The molecule has 0 radical (unpaired) electrons. The summed E-state index contributed by atoms with van der Waals surface area (Å²) in [5.41, 5.74) is 0.403. The summed E-state index contributed by atoms with van der Waals surface area (Å²) in [5.74, 6) is -0.619. The van der Waals surface area contributed by atoms with E-state index >= 15 is 0 Å². The molecule has 1 aromatic carbocycles. The van der Waals surface area contributed by atoms with Crippen LogP contribution in [0.1, 0.15) is 16.8 Å². The fraction of sp³-hybridized carbons (Fsp3) is 0.385. The van der Waals surface area contributed by atoms with Gasteiger partial charge in [-0.1, -0.05) is 0 Å². The molecule has 1 fully saturated rings. The van der Waals surface area contributed by atoms with E-state index in [1.54, 1.807) is 0 Å². The number of esters is 1. The number of carbonyl (C=O) groups excluding carboxylic acids is 2. The largest absolute Gasteiger partial charge is 0.465 e. The van der Waals surface area contributed by atoms with Gasteiger partial charge in [0.15, 0.2) is 0 Å². The minimum Gasteiger partial charge on any atom is -0.465 e. The molecule has 1 heterocycles. The maximum absolute atomic E-state index is 13.7. The van der Waals surface area contributed by atoms with Crippen molar-refractivity contribution in [2.45, 2.75) is 6.42 Å². The van der Waals surface area contributed by atoms with Crippen LogP contribution in [0.2, 0.25) is 0 Å². The predicted molar refractivity (Wildman–Crippen MR) is 79.8 cm³/mol. The van der Waals surface area contributed by atoms with Crippen molar-refractivity contribution in [2.75, 3.05) is 24.3 Å². The number of thiol groups is 1. The number of benzene rings is 1. The molecule has 4 nitrogen and oxygen atoms in total. The fourth-order valence-electron chi connectivity index (χ4n) is 2.17. The lowest BCUT2D eigenvalue weighted by Gasteiger charge is -2.20. The van der Waals surface area contributed by atoms with Gasteiger partial charge in [0.05, 0.1) is 22.8 Å². The number of amides is 1. The lowest BCUT2D eigenvalue weighted by molar-refractivity contribution is -0.117. The van der Waals surface area contributed by atoms with Crippen LogP contribution in [0.5, 0.6) is 0 Å². The van der Waals surface area contributed by atoms with Gasteiger partial charge >= 0.3 is 5.97 Å². The summed E-state index contributed by atoms with van der Waals surface area (Å²) in [7, 11) is 1.24. The molecule has 1 aliphatic rings. The molecule has 7 heteroatoms. The zero-order valence-corrected chi connectivity index (χ0v) is 13.2. The van der Waals surface area contributed by atoms with E-state index in [1.807, 2.05) is 0 Å². The number of carbonyl (C=O) groups is 2. The van der Waals surface area contributed by atoms with E-state index in [1.165, 1.54) is 24.1 Å². The fourth-order valence-corrected chi connectivity index (χ4v) is 2.76. The molecule has 0 aliphatic carbocycles. The van der Waals surface area contributed by atoms with E-state index in [0.29, 0.717) is 18.7 Å². The normalized spacial score (nSPS) is 18.5. The highest BCUT2D eigenvalue weighted by molar-refractivity contribution is 9.10. The van der Waals surface area contributed by atoms with E-state index in [0.717, 1.165) is 0 Å². The molecule has 2 rings (SSSR count). The van der Waals surface area contributed by atoms with E-state index in [4.69, 9.17) is 0 Å². The average Bonchev–Trinajstić information content (AvgIpc) is 2.81. The molecule has 1 atom stereocenters. The van der Waals surface area contributed by atoms with Crippen LogP contribution < -0.4 is 4.90 Å². The maximum Gasteiger partial charge on any atom is 0.340 e. The number of anilines is 1. The van der Waals surface area contributed by atoms with E-state index in [2.05, 4.69) is 33.3 Å². The second-order valence-electron chi connectivity index (χ2n) is 4.53. The van der Waals surface area contributed by atoms with Gasteiger partial charge in [0.2, 0.25) is 5.91 Å². The topological polar surface area (TPSA) is 46.6 Å². The van der Waals surface area contributed by atoms with Gasteiger partial charge in [0.1, 0.15) is 5.82 Å². The lowest BCUT2D eigenvalue weighted by Crippen LogP contribution is -2.27. The number of rotatable bonds is 3. The van der Waals surface area contributed by atoms with Crippen molar-refractivity contribution in [3.05, 3.63) is 28.0 Å². The van der Waals surface area contributed by atoms with E-state index < -0.39 is 11.8 Å². The zero-order valence-electron chi connectivity index (χ0n) is 10.7. The number of methoxy groups -OCH3 is 1. The Bertz CT molecular complexity index is 567. The minimum atomic E-state index is -0.608. The second-order valence-corrected chi connectivity index (χ2v) is 5.75. The van der Waals surface area contributed by atoms with Crippen LogP contribution in [0.25, 0.3) is 0 Å². The Morgan fingerprint density at radius 2 is 2.30 bits per heavy atom. The molecular weight excluding hydrogens is 349 g/mol.